The fraction of sp³-hybridized carbons (Fsp3) is 0.429. The van der Waals surface area contributed by atoms with E-state index in [1.165, 1.54) is 6.92 Å². The van der Waals surface area contributed by atoms with E-state index in [1.54, 1.807) is 24.3 Å². The van der Waals surface area contributed by atoms with Crippen LogP contribution in [0.3, 0.4) is 0 Å². The number of rotatable bonds is 6. The van der Waals surface area contributed by atoms with Crippen LogP contribution in [0, 0.1) is 5.92 Å². The minimum atomic E-state index is -0.179. The normalized spacial score (nSPS) is 10.2. The smallest absolute Gasteiger partial charge is 0.257 e. The Kier molecular flexibility index (Phi) is 5.36. The van der Waals surface area contributed by atoms with Gasteiger partial charge in [-0.25, -0.2) is 0 Å². The van der Waals surface area contributed by atoms with Gasteiger partial charge in [0.15, 0.2) is 12.4 Å². The third-order valence-electron chi connectivity index (χ3n) is 2.33. The standard InChI is InChI=1S/C14H19NO3/c1-10(2)8-15-14(17)9-18-13-7-5-4-6-12(13)11(3)16/h4-7,10H,8-9H2,1-3H3,(H,15,17). The van der Waals surface area contributed by atoms with E-state index >= 15 is 0 Å². The van der Waals surface area contributed by atoms with E-state index in [0.29, 0.717) is 23.8 Å². The second-order valence-electron chi connectivity index (χ2n) is 4.54. The van der Waals surface area contributed by atoms with Crippen LogP contribution in [0.5, 0.6) is 5.75 Å². The second kappa shape index (κ2) is 6.79. The first-order valence-electron chi connectivity index (χ1n) is 6.00. The molecular weight excluding hydrogens is 230 g/mol. The van der Waals surface area contributed by atoms with Gasteiger partial charge >= 0.3 is 0 Å². The van der Waals surface area contributed by atoms with Crippen LogP contribution >= 0.6 is 0 Å². The highest BCUT2D eigenvalue weighted by Gasteiger charge is 2.09. The maximum absolute atomic E-state index is 11.5. The van der Waals surface area contributed by atoms with Crippen LogP contribution in [0.15, 0.2) is 24.3 Å². The molecule has 1 aromatic rings. The van der Waals surface area contributed by atoms with Gasteiger partial charge in [0.1, 0.15) is 5.75 Å². The molecule has 1 rings (SSSR count). The number of amides is 1. The van der Waals surface area contributed by atoms with E-state index in [2.05, 4.69) is 5.32 Å². The Morgan fingerprint density at radius 3 is 2.56 bits per heavy atom. The van der Waals surface area contributed by atoms with E-state index in [-0.39, 0.29) is 18.3 Å². The lowest BCUT2D eigenvalue weighted by atomic mass is 10.1. The van der Waals surface area contributed by atoms with Gasteiger partial charge in [-0.3, -0.25) is 9.59 Å². The van der Waals surface area contributed by atoms with Crippen LogP contribution in [0.2, 0.25) is 0 Å². The van der Waals surface area contributed by atoms with Gasteiger partial charge in [0.2, 0.25) is 0 Å². The Balaban J connectivity index is 2.53. The molecule has 1 aromatic carbocycles. The summed E-state index contributed by atoms with van der Waals surface area (Å²) < 4.78 is 5.36. The largest absolute Gasteiger partial charge is 0.483 e. The van der Waals surface area contributed by atoms with Crippen molar-refractivity contribution in [3.63, 3.8) is 0 Å². The summed E-state index contributed by atoms with van der Waals surface area (Å²) in [5, 5.41) is 2.75. The lowest BCUT2D eigenvalue weighted by molar-refractivity contribution is -0.123. The fourth-order valence-electron chi connectivity index (χ4n) is 1.40. The van der Waals surface area contributed by atoms with E-state index in [0.717, 1.165) is 0 Å². The van der Waals surface area contributed by atoms with Crippen molar-refractivity contribution in [2.75, 3.05) is 13.2 Å². The van der Waals surface area contributed by atoms with Crippen LogP contribution in [-0.4, -0.2) is 24.8 Å². The number of hydrogen-bond acceptors (Lipinski definition) is 3. The molecule has 0 saturated carbocycles. The van der Waals surface area contributed by atoms with E-state index < -0.39 is 0 Å². The highest BCUT2D eigenvalue weighted by molar-refractivity contribution is 5.96. The van der Waals surface area contributed by atoms with Gasteiger partial charge < -0.3 is 10.1 Å². The molecule has 0 aromatic heterocycles. The van der Waals surface area contributed by atoms with Crippen molar-refractivity contribution in [2.24, 2.45) is 5.92 Å². The zero-order valence-corrected chi connectivity index (χ0v) is 11.0. The summed E-state index contributed by atoms with van der Waals surface area (Å²) >= 11 is 0. The predicted molar refractivity (Wildman–Crippen MR) is 69.8 cm³/mol. The molecule has 0 aliphatic heterocycles. The molecule has 18 heavy (non-hydrogen) atoms. The SMILES string of the molecule is CC(=O)c1ccccc1OCC(=O)NCC(C)C. The van der Waals surface area contributed by atoms with Crippen LogP contribution in [-0.2, 0) is 4.79 Å². The molecule has 0 spiro atoms. The first-order valence-corrected chi connectivity index (χ1v) is 6.00. The number of carbonyl (C=O) groups is 2. The van der Waals surface area contributed by atoms with Gasteiger partial charge in [-0.05, 0) is 25.0 Å². The molecule has 0 unspecified atom stereocenters. The van der Waals surface area contributed by atoms with Crippen LogP contribution in [0.1, 0.15) is 31.1 Å². The summed E-state index contributed by atoms with van der Waals surface area (Å²) in [5.74, 6) is 0.596. The number of para-hydroxylation sites is 1. The zero-order chi connectivity index (χ0) is 13.5. The number of carbonyl (C=O) groups excluding carboxylic acids is 2. The average molecular weight is 249 g/mol. The Morgan fingerprint density at radius 1 is 1.28 bits per heavy atom. The minimum absolute atomic E-state index is 0.0724. The topological polar surface area (TPSA) is 55.4 Å². The maximum Gasteiger partial charge on any atom is 0.257 e. The molecule has 0 aliphatic carbocycles. The fourth-order valence-corrected chi connectivity index (χ4v) is 1.40. The van der Waals surface area contributed by atoms with E-state index in [4.69, 9.17) is 4.74 Å². The lowest BCUT2D eigenvalue weighted by Gasteiger charge is -2.10. The Bertz CT molecular complexity index is 427. The van der Waals surface area contributed by atoms with Crippen molar-refractivity contribution in [1.82, 2.24) is 5.32 Å². The number of nitrogens with one attached hydrogen (secondary N) is 1. The van der Waals surface area contributed by atoms with Gasteiger partial charge in [0.25, 0.3) is 5.91 Å². The molecule has 4 heteroatoms. The quantitative estimate of drug-likeness (QED) is 0.785. The van der Waals surface area contributed by atoms with Crippen LogP contribution in [0.4, 0.5) is 0 Å². The summed E-state index contributed by atoms with van der Waals surface area (Å²) in [6.45, 7) is 6.06. The Morgan fingerprint density at radius 2 is 1.94 bits per heavy atom. The van der Waals surface area contributed by atoms with Gasteiger partial charge in [0.05, 0.1) is 5.56 Å². The number of hydrogen-bond donors (Lipinski definition) is 1. The first-order chi connectivity index (χ1) is 8.50. The Hall–Kier alpha value is -1.84. The third kappa shape index (κ3) is 4.57. The van der Waals surface area contributed by atoms with Crippen LogP contribution in [0.25, 0.3) is 0 Å². The molecule has 1 N–H and O–H groups in total. The number of ether oxygens (including phenoxy) is 1. The summed E-state index contributed by atoms with van der Waals surface area (Å²) in [5.41, 5.74) is 0.495. The molecule has 0 atom stereocenters. The lowest BCUT2D eigenvalue weighted by Crippen LogP contribution is -2.31. The molecular formula is C14H19NO3. The number of ketones is 1. The molecule has 98 valence electrons. The summed E-state index contributed by atoms with van der Waals surface area (Å²) in [6.07, 6.45) is 0. The van der Waals surface area contributed by atoms with Gasteiger partial charge in [-0.2, -0.15) is 0 Å². The predicted octanol–water partition coefficient (Wildman–Crippen LogP) is 2.04. The van der Waals surface area contributed by atoms with Gasteiger partial charge in [-0.15, -0.1) is 0 Å². The highest BCUT2D eigenvalue weighted by Crippen LogP contribution is 2.18. The zero-order valence-electron chi connectivity index (χ0n) is 11.0. The maximum atomic E-state index is 11.5. The second-order valence-corrected chi connectivity index (χ2v) is 4.54. The molecule has 0 fully saturated rings. The molecule has 0 heterocycles. The van der Waals surface area contributed by atoms with Crippen molar-refractivity contribution >= 4 is 11.7 Å². The monoisotopic (exact) mass is 249 g/mol. The molecule has 4 nitrogen and oxygen atoms in total. The third-order valence-corrected chi connectivity index (χ3v) is 2.33. The van der Waals surface area contributed by atoms with Gasteiger partial charge in [-0.1, -0.05) is 26.0 Å². The summed E-state index contributed by atoms with van der Waals surface area (Å²) in [7, 11) is 0. The van der Waals surface area contributed by atoms with E-state index in [1.807, 2.05) is 13.8 Å². The Labute approximate surface area is 107 Å². The van der Waals surface area contributed by atoms with E-state index in [9.17, 15) is 9.59 Å². The minimum Gasteiger partial charge on any atom is -0.483 e. The van der Waals surface area contributed by atoms with Crippen molar-refractivity contribution in [3.8, 4) is 5.75 Å². The number of Topliss-reactive ketones (excluding diaryl/α,β-unsaturated/α-hetero) is 1. The molecule has 0 saturated heterocycles. The molecule has 1 amide bonds. The van der Waals surface area contributed by atoms with Crippen molar-refractivity contribution in [3.05, 3.63) is 29.8 Å². The molecule has 0 radical (unpaired) electrons. The van der Waals surface area contributed by atoms with Crippen molar-refractivity contribution in [1.29, 1.82) is 0 Å². The molecule has 0 bridgehead atoms. The average Bonchev–Trinajstić information content (AvgIpc) is 2.34. The van der Waals surface area contributed by atoms with Gasteiger partial charge in [0, 0.05) is 6.54 Å². The highest BCUT2D eigenvalue weighted by atomic mass is 16.5. The summed E-state index contributed by atoms with van der Waals surface area (Å²) in [6, 6.07) is 6.91. The number of benzene rings is 1. The first kappa shape index (κ1) is 14.2. The molecule has 0 aliphatic rings. The summed E-state index contributed by atoms with van der Waals surface area (Å²) in [4.78, 5) is 22.8. The van der Waals surface area contributed by atoms with Crippen molar-refractivity contribution < 1.29 is 14.3 Å². The van der Waals surface area contributed by atoms with Crippen LogP contribution < -0.4 is 10.1 Å². The van der Waals surface area contributed by atoms with Crippen molar-refractivity contribution in [2.45, 2.75) is 20.8 Å².